The van der Waals surface area contributed by atoms with Crippen LogP contribution in [0.1, 0.15) is 5.69 Å². The molecule has 4 heteroatoms. The molecule has 0 atom stereocenters. The fourth-order valence-corrected chi connectivity index (χ4v) is 2.03. The number of ether oxygens (including phenoxy) is 1. The Morgan fingerprint density at radius 2 is 2.29 bits per heavy atom. The molecule has 0 aliphatic carbocycles. The molecule has 0 amide bonds. The monoisotopic (exact) mass is 208 g/mol. The van der Waals surface area contributed by atoms with Gasteiger partial charge in [0.2, 0.25) is 5.88 Å². The molecule has 0 N–H and O–H groups in total. The zero-order valence-electron chi connectivity index (χ0n) is 8.44. The molecule has 0 aliphatic rings. The molecule has 0 aromatic carbocycles. The Kier molecular flexibility index (Phi) is 2.29. The van der Waals surface area contributed by atoms with Gasteiger partial charge in [-0.3, -0.25) is 0 Å². The van der Waals surface area contributed by atoms with Crippen LogP contribution < -0.4 is 4.74 Å². The molecule has 74 valence electrons. The SMILES string of the molecule is COc1csc(-c2cc(C)n(C)c2)n1. The summed E-state index contributed by atoms with van der Waals surface area (Å²) in [6.07, 6.45) is 2.08. The van der Waals surface area contributed by atoms with Crippen LogP contribution in [0.2, 0.25) is 0 Å². The average molecular weight is 208 g/mol. The topological polar surface area (TPSA) is 27.1 Å². The van der Waals surface area contributed by atoms with Gasteiger partial charge in [-0.25, -0.2) is 4.98 Å². The molecular formula is C10H12N2OS. The maximum atomic E-state index is 5.05. The number of methoxy groups -OCH3 is 1. The van der Waals surface area contributed by atoms with E-state index < -0.39 is 0 Å². The van der Waals surface area contributed by atoms with Crippen molar-refractivity contribution in [3.63, 3.8) is 0 Å². The third kappa shape index (κ3) is 1.53. The van der Waals surface area contributed by atoms with Crippen molar-refractivity contribution in [1.29, 1.82) is 0 Å². The fourth-order valence-electron chi connectivity index (χ4n) is 1.28. The first-order valence-electron chi connectivity index (χ1n) is 4.33. The van der Waals surface area contributed by atoms with E-state index in [1.165, 1.54) is 5.69 Å². The van der Waals surface area contributed by atoms with Gasteiger partial charge in [0.25, 0.3) is 0 Å². The predicted molar refractivity (Wildman–Crippen MR) is 57.8 cm³/mol. The molecule has 2 heterocycles. The smallest absolute Gasteiger partial charge is 0.224 e. The summed E-state index contributed by atoms with van der Waals surface area (Å²) in [6.45, 7) is 2.08. The van der Waals surface area contributed by atoms with Crippen LogP contribution in [0.15, 0.2) is 17.6 Å². The van der Waals surface area contributed by atoms with Gasteiger partial charge in [-0.05, 0) is 13.0 Å². The number of hydrogen-bond donors (Lipinski definition) is 0. The molecule has 14 heavy (non-hydrogen) atoms. The van der Waals surface area contributed by atoms with Gasteiger partial charge in [-0.15, -0.1) is 11.3 Å². The van der Waals surface area contributed by atoms with Crippen molar-refractivity contribution >= 4 is 11.3 Å². The lowest BCUT2D eigenvalue weighted by atomic mass is 10.3. The number of hydrogen-bond acceptors (Lipinski definition) is 3. The summed E-state index contributed by atoms with van der Waals surface area (Å²) in [5, 5.41) is 2.92. The van der Waals surface area contributed by atoms with Crippen LogP contribution in [-0.2, 0) is 7.05 Å². The number of rotatable bonds is 2. The van der Waals surface area contributed by atoms with Crippen molar-refractivity contribution in [3.8, 4) is 16.5 Å². The van der Waals surface area contributed by atoms with Gasteiger partial charge in [0.05, 0.1) is 12.5 Å². The maximum Gasteiger partial charge on any atom is 0.224 e. The highest BCUT2D eigenvalue weighted by molar-refractivity contribution is 7.13. The summed E-state index contributed by atoms with van der Waals surface area (Å²) in [7, 11) is 3.67. The lowest BCUT2D eigenvalue weighted by molar-refractivity contribution is 0.401. The van der Waals surface area contributed by atoms with Crippen molar-refractivity contribution in [2.24, 2.45) is 7.05 Å². The van der Waals surface area contributed by atoms with Crippen LogP contribution >= 0.6 is 11.3 Å². The van der Waals surface area contributed by atoms with E-state index >= 15 is 0 Å². The molecule has 2 aromatic heterocycles. The number of thiazole rings is 1. The van der Waals surface area contributed by atoms with Gasteiger partial charge in [-0.1, -0.05) is 0 Å². The molecule has 0 radical (unpaired) electrons. The Labute approximate surface area is 87.0 Å². The first-order valence-corrected chi connectivity index (χ1v) is 5.21. The largest absolute Gasteiger partial charge is 0.480 e. The molecule has 0 unspecified atom stereocenters. The van der Waals surface area contributed by atoms with Crippen molar-refractivity contribution < 1.29 is 4.74 Å². The second kappa shape index (κ2) is 3.46. The van der Waals surface area contributed by atoms with E-state index in [9.17, 15) is 0 Å². The Balaban J connectivity index is 2.39. The lowest BCUT2D eigenvalue weighted by Gasteiger charge is -1.90. The van der Waals surface area contributed by atoms with Gasteiger partial charge in [0.1, 0.15) is 5.01 Å². The van der Waals surface area contributed by atoms with Crippen molar-refractivity contribution in [3.05, 3.63) is 23.3 Å². The fraction of sp³-hybridized carbons (Fsp3) is 0.300. The van der Waals surface area contributed by atoms with Gasteiger partial charge >= 0.3 is 0 Å². The molecule has 2 rings (SSSR count). The molecular weight excluding hydrogens is 196 g/mol. The summed E-state index contributed by atoms with van der Waals surface area (Å²) in [6, 6.07) is 2.12. The highest BCUT2D eigenvalue weighted by Gasteiger charge is 2.07. The van der Waals surface area contributed by atoms with E-state index in [1.54, 1.807) is 18.4 Å². The molecule has 3 nitrogen and oxygen atoms in total. The summed E-state index contributed by atoms with van der Waals surface area (Å²) in [4.78, 5) is 4.34. The number of nitrogens with zero attached hydrogens (tertiary/aromatic N) is 2. The summed E-state index contributed by atoms with van der Waals surface area (Å²) in [5.41, 5.74) is 2.38. The second-order valence-corrected chi connectivity index (χ2v) is 4.03. The molecule has 0 spiro atoms. The van der Waals surface area contributed by atoms with E-state index in [4.69, 9.17) is 4.74 Å². The van der Waals surface area contributed by atoms with Crippen molar-refractivity contribution in [2.75, 3.05) is 7.11 Å². The Morgan fingerprint density at radius 3 is 2.79 bits per heavy atom. The molecule has 0 aliphatic heterocycles. The van der Waals surface area contributed by atoms with Gasteiger partial charge in [0, 0.05) is 24.5 Å². The molecule has 2 aromatic rings. The van der Waals surface area contributed by atoms with E-state index in [-0.39, 0.29) is 0 Å². The Hall–Kier alpha value is -1.29. The van der Waals surface area contributed by atoms with Gasteiger partial charge in [-0.2, -0.15) is 0 Å². The highest BCUT2D eigenvalue weighted by atomic mass is 32.1. The van der Waals surface area contributed by atoms with Crippen LogP contribution in [0.4, 0.5) is 0 Å². The maximum absolute atomic E-state index is 5.05. The third-order valence-electron chi connectivity index (χ3n) is 2.19. The van der Waals surface area contributed by atoms with Crippen LogP contribution in [0.25, 0.3) is 10.6 Å². The zero-order valence-corrected chi connectivity index (χ0v) is 9.26. The Bertz CT molecular complexity index is 425. The van der Waals surface area contributed by atoms with E-state index in [0.29, 0.717) is 5.88 Å². The third-order valence-corrected chi connectivity index (χ3v) is 3.06. The highest BCUT2D eigenvalue weighted by Crippen LogP contribution is 2.27. The summed E-state index contributed by atoms with van der Waals surface area (Å²) >= 11 is 1.60. The van der Waals surface area contributed by atoms with Crippen LogP contribution in [0, 0.1) is 6.92 Å². The minimum absolute atomic E-state index is 0.687. The normalized spacial score (nSPS) is 10.5. The van der Waals surface area contributed by atoms with Gasteiger partial charge < -0.3 is 9.30 Å². The minimum atomic E-state index is 0.687. The zero-order chi connectivity index (χ0) is 10.1. The quantitative estimate of drug-likeness (QED) is 0.758. The first-order chi connectivity index (χ1) is 6.70. The van der Waals surface area contributed by atoms with E-state index in [2.05, 4.69) is 28.7 Å². The minimum Gasteiger partial charge on any atom is -0.480 e. The van der Waals surface area contributed by atoms with Gasteiger partial charge in [0.15, 0.2) is 0 Å². The van der Waals surface area contributed by atoms with Crippen LogP contribution in [0.5, 0.6) is 5.88 Å². The Morgan fingerprint density at radius 1 is 1.50 bits per heavy atom. The molecule has 0 saturated carbocycles. The standard InChI is InChI=1S/C10H12N2OS/c1-7-4-8(5-12(7)2)10-11-9(13-3)6-14-10/h4-6H,1-3H3. The van der Waals surface area contributed by atoms with Crippen molar-refractivity contribution in [1.82, 2.24) is 9.55 Å². The van der Waals surface area contributed by atoms with Crippen LogP contribution in [0.3, 0.4) is 0 Å². The number of aryl methyl sites for hydroxylation is 2. The lowest BCUT2D eigenvalue weighted by Crippen LogP contribution is -1.85. The average Bonchev–Trinajstić information content (AvgIpc) is 2.74. The summed E-state index contributed by atoms with van der Waals surface area (Å²) < 4.78 is 7.13. The molecule has 0 saturated heterocycles. The second-order valence-electron chi connectivity index (χ2n) is 3.18. The van der Waals surface area contributed by atoms with Crippen molar-refractivity contribution in [2.45, 2.75) is 6.92 Å². The summed E-state index contributed by atoms with van der Waals surface area (Å²) in [5.74, 6) is 0.687. The van der Waals surface area contributed by atoms with E-state index in [0.717, 1.165) is 10.6 Å². The number of aromatic nitrogens is 2. The molecule has 0 fully saturated rings. The molecule has 0 bridgehead atoms. The predicted octanol–water partition coefficient (Wildman–Crippen LogP) is 2.47. The van der Waals surface area contributed by atoms with E-state index in [1.807, 2.05) is 12.4 Å². The van der Waals surface area contributed by atoms with Crippen LogP contribution in [-0.4, -0.2) is 16.7 Å². The first kappa shape index (κ1) is 9.27.